The maximum absolute atomic E-state index is 12.7. The van der Waals surface area contributed by atoms with Gasteiger partial charge in [-0.2, -0.15) is 5.26 Å². The number of nitriles is 1. The molecule has 3 aromatic rings. The van der Waals surface area contributed by atoms with Crippen LogP contribution in [0.1, 0.15) is 16.9 Å². The van der Waals surface area contributed by atoms with E-state index < -0.39 is 5.97 Å². The third-order valence-corrected chi connectivity index (χ3v) is 5.00. The number of esters is 1. The lowest BCUT2D eigenvalue weighted by atomic mass is 9.97. The maximum atomic E-state index is 12.7. The summed E-state index contributed by atoms with van der Waals surface area (Å²) in [7, 11) is 1.51. The van der Waals surface area contributed by atoms with Crippen LogP contribution in [0.2, 0.25) is 0 Å². The first-order chi connectivity index (χ1) is 16.2. The Balaban J connectivity index is 1.62. The van der Waals surface area contributed by atoms with Gasteiger partial charge in [0.25, 0.3) is 5.90 Å². The van der Waals surface area contributed by atoms with Crippen molar-refractivity contribution >= 4 is 23.2 Å². The normalized spacial score (nSPS) is 16.7. The van der Waals surface area contributed by atoms with Crippen LogP contribution >= 0.6 is 0 Å². The number of allylic oxidation sites excluding steroid dienone is 2. The van der Waals surface area contributed by atoms with Crippen LogP contribution in [-0.2, 0) is 9.53 Å². The van der Waals surface area contributed by atoms with E-state index in [1.54, 1.807) is 36.4 Å². The molecule has 0 unspecified atom stereocenters. The fourth-order valence-electron chi connectivity index (χ4n) is 3.51. The second-order valence-electron chi connectivity index (χ2n) is 6.97. The van der Waals surface area contributed by atoms with Crippen molar-refractivity contribution in [2.75, 3.05) is 13.7 Å². The Labute approximate surface area is 188 Å². The van der Waals surface area contributed by atoms with E-state index in [0.717, 1.165) is 0 Å². The van der Waals surface area contributed by atoms with Gasteiger partial charge in [-0.3, -0.25) is 0 Å². The largest absolute Gasteiger partial charge is 0.493 e. The fourth-order valence-corrected chi connectivity index (χ4v) is 3.51. The summed E-state index contributed by atoms with van der Waals surface area (Å²) in [5, 5.41) is 8.77. The second kappa shape index (κ2) is 8.40. The standard InChI is InChI=1S/C25H16N2O6/c1-29-22-13-15(8-9-19(22)31-12-10-26)21-14-17(16-5-2-3-6-18(16)32-21)23-25(28)33-24(27-23)20-7-4-11-30-20/h2-9,11,13-14H,12H2,1H3/b23-17-. The molecule has 33 heavy (non-hydrogen) atoms. The molecule has 0 saturated carbocycles. The number of nitrogens with zero attached hydrogens (tertiary/aromatic N) is 2. The van der Waals surface area contributed by atoms with Crippen LogP contribution in [0.25, 0.3) is 11.3 Å². The van der Waals surface area contributed by atoms with Crippen molar-refractivity contribution < 1.29 is 28.2 Å². The van der Waals surface area contributed by atoms with Gasteiger partial charge in [0, 0.05) is 16.7 Å². The molecule has 0 amide bonds. The van der Waals surface area contributed by atoms with E-state index in [-0.39, 0.29) is 18.2 Å². The summed E-state index contributed by atoms with van der Waals surface area (Å²) in [4.78, 5) is 17.1. The van der Waals surface area contributed by atoms with Crippen molar-refractivity contribution in [3.05, 3.63) is 89.5 Å². The van der Waals surface area contributed by atoms with E-state index >= 15 is 0 Å². The van der Waals surface area contributed by atoms with E-state index in [1.807, 2.05) is 30.3 Å². The average molecular weight is 440 g/mol. The maximum Gasteiger partial charge on any atom is 0.364 e. The molecular weight excluding hydrogens is 424 g/mol. The molecule has 0 radical (unpaired) electrons. The van der Waals surface area contributed by atoms with Crippen molar-refractivity contribution in [3.63, 3.8) is 0 Å². The molecule has 2 aliphatic rings. The molecule has 0 fully saturated rings. The van der Waals surface area contributed by atoms with E-state index in [0.29, 0.717) is 45.5 Å². The molecule has 3 heterocycles. The van der Waals surface area contributed by atoms with Gasteiger partial charge in [-0.25, -0.2) is 9.79 Å². The Morgan fingerprint density at radius 3 is 2.73 bits per heavy atom. The minimum Gasteiger partial charge on any atom is -0.493 e. The molecule has 8 heteroatoms. The number of carbonyl (C=O) groups excluding carboxylic acids is 1. The summed E-state index contributed by atoms with van der Waals surface area (Å²) in [6.45, 7) is -0.101. The van der Waals surface area contributed by atoms with Gasteiger partial charge in [0.15, 0.2) is 29.6 Å². The zero-order valence-corrected chi connectivity index (χ0v) is 17.4. The smallest absolute Gasteiger partial charge is 0.364 e. The molecule has 0 N–H and O–H groups in total. The van der Waals surface area contributed by atoms with Crippen LogP contribution in [-0.4, -0.2) is 25.6 Å². The number of hydrogen-bond donors (Lipinski definition) is 0. The molecule has 0 aliphatic carbocycles. The molecule has 0 bridgehead atoms. The van der Waals surface area contributed by atoms with Gasteiger partial charge in [-0.05, 0) is 42.5 Å². The number of cyclic esters (lactones) is 1. The number of ether oxygens (including phenoxy) is 4. The summed E-state index contributed by atoms with van der Waals surface area (Å²) >= 11 is 0. The molecule has 8 nitrogen and oxygen atoms in total. The third kappa shape index (κ3) is 3.72. The zero-order valence-electron chi connectivity index (χ0n) is 17.4. The average Bonchev–Trinajstić information content (AvgIpc) is 3.52. The minimum absolute atomic E-state index is 0.101. The number of para-hydroxylation sites is 1. The summed E-state index contributed by atoms with van der Waals surface area (Å²) in [5.74, 6) is 1.81. The highest BCUT2D eigenvalue weighted by atomic mass is 16.6. The Hall–Kier alpha value is -4.77. The molecular formula is C25H16N2O6. The predicted octanol–water partition coefficient (Wildman–Crippen LogP) is 4.34. The third-order valence-electron chi connectivity index (χ3n) is 5.00. The van der Waals surface area contributed by atoms with Crippen molar-refractivity contribution in [3.8, 4) is 23.3 Å². The highest BCUT2D eigenvalue weighted by Gasteiger charge is 2.31. The number of methoxy groups -OCH3 is 1. The second-order valence-corrected chi connectivity index (χ2v) is 6.97. The number of aliphatic imine (C=N–C) groups is 1. The fraction of sp³-hybridized carbons (Fsp3) is 0.0800. The van der Waals surface area contributed by atoms with Crippen LogP contribution in [0.3, 0.4) is 0 Å². The molecule has 162 valence electrons. The Morgan fingerprint density at radius 1 is 1.06 bits per heavy atom. The number of rotatable bonds is 5. The van der Waals surface area contributed by atoms with Crippen LogP contribution in [0.4, 0.5) is 0 Å². The number of furan rings is 1. The summed E-state index contributed by atoms with van der Waals surface area (Å²) in [6, 6.07) is 17.8. The van der Waals surface area contributed by atoms with Crippen molar-refractivity contribution in [2.24, 2.45) is 4.99 Å². The van der Waals surface area contributed by atoms with Crippen LogP contribution < -0.4 is 14.2 Å². The van der Waals surface area contributed by atoms with Crippen LogP contribution in [0, 0.1) is 11.3 Å². The lowest BCUT2D eigenvalue weighted by molar-refractivity contribution is -0.130. The van der Waals surface area contributed by atoms with E-state index in [1.165, 1.54) is 13.4 Å². The Morgan fingerprint density at radius 2 is 1.94 bits per heavy atom. The van der Waals surface area contributed by atoms with Gasteiger partial charge in [-0.1, -0.05) is 18.2 Å². The number of hydrogen-bond acceptors (Lipinski definition) is 8. The number of benzene rings is 2. The molecule has 0 spiro atoms. The van der Waals surface area contributed by atoms with Gasteiger partial charge < -0.3 is 23.4 Å². The minimum atomic E-state index is -0.582. The summed E-state index contributed by atoms with van der Waals surface area (Å²) in [5.41, 5.74) is 2.10. The van der Waals surface area contributed by atoms with Gasteiger partial charge in [0.1, 0.15) is 17.6 Å². The summed E-state index contributed by atoms with van der Waals surface area (Å²) in [6.07, 6.45) is 3.22. The topological polar surface area (TPSA) is 103 Å². The molecule has 1 aromatic heterocycles. The highest BCUT2D eigenvalue weighted by Crippen LogP contribution is 2.41. The monoisotopic (exact) mass is 440 g/mol. The Bertz CT molecular complexity index is 1380. The van der Waals surface area contributed by atoms with Crippen molar-refractivity contribution in [1.29, 1.82) is 5.26 Å². The van der Waals surface area contributed by atoms with Gasteiger partial charge in [0.2, 0.25) is 0 Å². The highest BCUT2D eigenvalue weighted by molar-refractivity contribution is 6.15. The van der Waals surface area contributed by atoms with Crippen LogP contribution in [0.5, 0.6) is 17.2 Å². The van der Waals surface area contributed by atoms with E-state index in [4.69, 9.17) is 28.6 Å². The molecule has 0 atom stereocenters. The first kappa shape index (κ1) is 20.2. The molecule has 2 aliphatic heterocycles. The van der Waals surface area contributed by atoms with E-state index in [2.05, 4.69) is 4.99 Å². The lowest BCUT2D eigenvalue weighted by Gasteiger charge is -2.21. The van der Waals surface area contributed by atoms with Gasteiger partial charge in [-0.15, -0.1) is 0 Å². The van der Waals surface area contributed by atoms with Crippen LogP contribution in [0.15, 0.2) is 82.0 Å². The van der Waals surface area contributed by atoms with Gasteiger partial charge >= 0.3 is 5.97 Å². The predicted molar refractivity (Wildman–Crippen MR) is 117 cm³/mol. The zero-order chi connectivity index (χ0) is 22.8. The summed E-state index contributed by atoms with van der Waals surface area (Å²) < 4.78 is 27.6. The number of fused-ring (bicyclic) bond motifs is 1. The first-order valence-electron chi connectivity index (χ1n) is 9.94. The molecule has 0 saturated heterocycles. The van der Waals surface area contributed by atoms with E-state index in [9.17, 15) is 4.79 Å². The lowest BCUT2D eigenvalue weighted by Crippen LogP contribution is -2.08. The Kier molecular flexibility index (Phi) is 5.13. The van der Waals surface area contributed by atoms with Gasteiger partial charge in [0.05, 0.1) is 13.4 Å². The molecule has 2 aromatic carbocycles. The quantitative estimate of drug-likeness (QED) is 0.429. The SMILES string of the molecule is COc1cc(C2=C/C(=C3/N=C(c4ccco4)OC3=O)c3ccccc3O2)ccc1OCC#N. The van der Waals surface area contributed by atoms with Crippen molar-refractivity contribution in [1.82, 2.24) is 0 Å². The number of carbonyl (C=O) groups is 1. The first-order valence-corrected chi connectivity index (χ1v) is 9.94. The molecule has 5 rings (SSSR count). The van der Waals surface area contributed by atoms with Crippen molar-refractivity contribution in [2.45, 2.75) is 0 Å².